The van der Waals surface area contributed by atoms with Crippen LogP contribution in [0, 0.1) is 18.8 Å². The molecule has 1 aliphatic heterocycles. The number of fused-ring (bicyclic) bond motifs is 2. The number of carbonyl (C=O) groups is 4. The van der Waals surface area contributed by atoms with E-state index in [1.165, 1.54) is 15.8 Å². The number of rotatable bonds is 4. The number of hydrogen-bond donors (Lipinski definition) is 3. The molecule has 0 radical (unpaired) electrons. The molecule has 3 N–H and O–H groups in total. The molecule has 2 atom stereocenters. The second kappa shape index (κ2) is 15.2. The van der Waals surface area contributed by atoms with Crippen molar-refractivity contribution in [3.63, 3.8) is 0 Å². The minimum atomic E-state index is -0.828. The monoisotopic (exact) mass is 627 g/mol. The Morgan fingerprint density at radius 3 is 2.28 bits per heavy atom. The molecule has 0 saturated heterocycles. The van der Waals surface area contributed by atoms with Gasteiger partial charge in [-0.15, -0.1) is 0 Å². The maximum Gasteiger partial charge on any atom is 0.243 e. The molecular formula is C35H45N7O4. The Hall–Kier alpha value is -4.54. The van der Waals surface area contributed by atoms with E-state index in [0.717, 1.165) is 5.56 Å². The molecule has 0 saturated carbocycles. The van der Waals surface area contributed by atoms with Gasteiger partial charge in [-0.2, -0.15) is 5.10 Å². The van der Waals surface area contributed by atoms with Crippen molar-refractivity contribution in [1.29, 1.82) is 0 Å². The minimum absolute atomic E-state index is 0.0532. The highest BCUT2D eigenvalue weighted by atomic mass is 16.2. The van der Waals surface area contributed by atoms with Gasteiger partial charge < -0.3 is 20.9 Å². The van der Waals surface area contributed by atoms with Gasteiger partial charge in [0.05, 0.1) is 6.04 Å². The van der Waals surface area contributed by atoms with Crippen molar-refractivity contribution in [3.05, 3.63) is 82.9 Å². The number of nitrogens with one attached hydrogen (secondary N) is 3. The zero-order valence-corrected chi connectivity index (χ0v) is 27.0. The molecule has 2 aromatic carbocycles. The Balaban J connectivity index is 1.36. The number of aromatic nitrogens is 3. The summed E-state index contributed by atoms with van der Waals surface area (Å²) < 4.78 is 1.54. The summed E-state index contributed by atoms with van der Waals surface area (Å²) in [7, 11) is 0. The first-order valence-electron chi connectivity index (χ1n) is 16.3. The fourth-order valence-corrected chi connectivity index (χ4v) is 6.37. The summed E-state index contributed by atoms with van der Waals surface area (Å²) in [5.74, 6) is 0.0315. The standard InChI is InChI=1S/C35H45N7O4/c1-23(2)32-33-37-24(3)40-42(33)22-31(44)36-16-10-18-41(35(46)28-20-26-13-7-8-14-27(26)21-28)17-9-15-30(43)38-29(34(45)39-32)19-25-11-5-4-6-12-25/h4-8,11-14,23,28-29,32H,9-10,15-22H2,1-3H3,(H,36,44)(H,38,43)(H,39,45)/t29-,32+/m1/s1. The predicted octanol–water partition coefficient (Wildman–Crippen LogP) is 2.67. The van der Waals surface area contributed by atoms with Crippen LogP contribution in [0.15, 0.2) is 54.6 Å². The van der Waals surface area contributed by atoms with Gasteiger partial charge in [-0.25, -0.2) is 9.67 Å². The molecule has 2 heterocycles. The first-order chi connectivity index (χ1) is 22.2. The van der Waals surface area contributed by atoms with Crippen LogP contribution in [-0.2, 0) is 45.0 Å². The molecule has 0 bridgehead atoms. The van der Waals surface area contributed by atoms with E-state index >= 15 is 0 Å². The summed E-state index contributed by atoms with van der Waals surface area (Å²) in [5, 5.41) is 13.5. The van der Waals surface area contributed by atoms with Crippen molar-refractivity contribution in [3.8, 4) is 0 Å². The van der Waals surface area contributed by atoms with E-state index in [2.05, 4.69) is 38.2 Å². The molecule has 46 heavy (non-hydrogen) atoms. The van der Waals surface area contributed by atoms with Crippen LogP contribution >= 0.6 is 0 Å². The van der Waals surface area contributed by atoms with E-state index in [1.807, 2.05) is 61.2 Å². The Morgan fingerprint density at radius 1 is 0.913 bits per heavy atom. The lowest BCUT2D eigenvalue weighted by Crippen LogP contribution is -2.50. The van der Waals surface area contributed by atoms with Crippen LogP contribution in [0.4, 0.5) is 0 Å². The van der Waals surface area contributed by atoms with Crippen LogP contribution in [0.3, 0.4) is 0 Å². The van der Waals surface area contributed by atoms with Gasteiger partial charge in [-0.3, -0.25) is 19.2 Å². The largest absolute Gasteiger partial charge is 0.354 e. The van der Waals surface area contributed by atoms with Crippen molar-refractivity contribution < 1.29 is 19.2 Å². The quantitative estimate of drug-likeness (QED) is 0.407. The third-order valence-electron chi connectivity index (χ3n) is 8.75. The zero-order valence-electron chi connectivity index (χ0n) is 27.0. The predicted molar refractivity (Wildman–Crippen MR) is 173 cm³/mol. The van der Waals surface area contributed by atoms with E-state index in [-0.39, 0.29) is 48.4 Å². The number of hydrogen-bond acceptors (Lipinski definition) is 6. The lowest BCUT2D eigenvalue weighted by molar-refractivity contribution is -0.135. The number of aryl methyl sites for hydroxylation is 1. The highest BCUT2D eigenvalue weighted by molar-refractivity contribution is 5.88. The highest BCUT2D eigenvalue weighted by Gasteiger charge is 2.32. The summed E-state index contributed by atoms with van der Waals surface area (Å²) in [6.07, 6.45) is 2.93. The van der Waals surface area contributed by atoms with Gasteiger partial charge in [0, 0.05) is 38.4 Å². The summed E-state index contributed by atoms with van der Waals surface area (Å²) >= 11 is 0. The maximum absolute atomic E-state index is 13.8. The van der Waals surface area contributed by atoms with Crippen LogP contribution in [0.1, 0.15) is 67.5 Å². The number of nitrogens with zero attached hydrogens (tertiary/aromatic N) is 4. The molecule has 0 spiro atoms. The molecule has 0 unspecified atom stereocenters. The van der Waals surface area contributed by atoms with Crippen LogP contribution in [0.5, 0.6) is 0 Å². The normalized spacial score (nSPS) is 20.6. The Bertz CT molecular complexity index is 1510. The first kappa shape index (κ1) is 32.8. The van der Waals surface area contributed by atoms with Gasteiger partial charge in [0.1, 0.15) is 18.4 Å². The van der Waals surface area contributed by atoms with Crippen molar-refractivity contribution in [1.82, 2.24) is 35.6 Å². The summed E-state index contributed by atoms with van der Waals surface area (Å²) in [6.45, 7) is 6.90. The van der Waals surface area contributed by atoms with Gasteiger partial charge in [0.25, 0.3) is 0 Å². The minimum Gasteiger partial charge on any atom is -0.354 e. The van der Waals surface area contributed by atoms with Crippen molar-refractivity contribution >= 4 is 23.6 Å². The van der Waals surface area contributed by atoms with Gasteiger partial charge in [-0.1, -0.05) is 68.4 Å². The van der Waals surface area contributed by atoms with Crippen LogP contribution in [0.25, 0.3) is 0 Å². The first-order valence-corrected chi connectivity index (χ1v) is 16.3. The van der Waals surface area contributed by atoms with E-state index in [9.17, 15) is 19.2 Å². The molecule has 11 heteroatoms. The lowest BCUT2D eigenvalue weighted by Gasteiger charge is -2.27. The fourth-order valence-electron chi connectivity index (χ4n) is 6.37. The van der Waals surface area contributed by atoms with E-state index < -0.39 is 12.1 Å². The van der Waals surface area contributed by atoms with Crippen molar-refractivity contribution in [2.75, 3.05) is 19.6 Å². The smallest absolute Gasteiger partial charge is 0.243 e. The summed E-state index contributed by atoms with van der Waals surface area (Å²) in [6, 6.07) is 16.4. The van der Waals surface area contributed by atoms with Crippen molar-refractivity contribution in [2.45, 2.75) is 77.9 Å². The number of amides is 4. The van der Waals surface area contributed by atoms with Crippen LogP contribution < -0.4 is 16.0 Å². The molecule has 4 amide bonds. The van der Waals surface area contributed by atoms with E-state index in [4.69, 9.17) is 0 Å². The molecule has 2 aliphatic rings. The Kier molecular flexibility index (Phi) is 10.8. The number of benzene rings is 2. The average Bonchev–Trinajstić information content (AvgIpc) is 3.63. The van der Waals surface area contributed by atoms with Gasteiger partial charge >= 0.3 is 0 Å². The topological polar surface area (TPSA) is 138 Å². The second-order valence-corrected chi connectivity index (χ2v) is 12.7. The van der Waals surface area contributed by atoms with E-state index in [0.29, 0.717) is 63.4 Å². The van der Waals surface area contributed by atoms with Crippen LogP contribution in [0.2, 0.25) is 0 Å². The average molecular weight is 628 g/mol. The Morgan fingerprint density at radius 2 is 1.59 bits per heavy atom. The van der Waals surface area contributed by atoms with Crippen molar-refractivity contribution in [2.24, 2.45) is 11.8 Å². The Labute approximate surface area is 270 Å². The summed E-state index contributed by atoms with van der Waals surface area (Å²) in [4.78, 5) is 60.3. The third kappa shape index (κ3) is 8.38. The SMILES string of the molecule is Cc1nc2n(n1)CC(=O)NCCCN(C(=O)C1Cc3ccccc3C1)CCCC(=O)N[C@H](Cc1ccccc1)C(=O)N[C@H]2C(C)C. The zero-order chi connectivity index (χ0) is 32.6. The second-order valence-electron chi connectivity index (χ2n) is 12.7. The molecule has 3 aromatic rings. The molecule has 1 aromatic heterocycles. The summed E-state index contributed by atoms with van der Waals surface area (Å²) in [5.41, 5.74) is 3.33. The third-order valence-corrected chi connectivity index (χ3v) is 8.75. The molecule has 0 fully saturated rings. The van der Waals surface area contributed by atoms with Gasteiger partial charge in [0.15, 0.2) is 5.82 Å². The van der Waals surface area contributed by atoms with Gasteiger partial charge in [0.2, 0.25) is 23.6 Å². The number of carbonyl (C=O) groups excluding carboxylic acids is 4. The highest BCUT2D eigenvalue weighted by Crippen LogP contribution is 2.28. The fraction of sp³-hybridized carbons (Fsp3) is 0.486. The molecule has 244 valence electrons. The molecule has 1 aliphatic carbocycles. The molecular weight excluding hydrogens is 582 g/mol. The van der Waals surface area contributed by atoms with Crippen LogP contribution in [-0.4, -0.2) is 69.0 Å². The molecule has 5 rings (SSSR count). The van der Waals surface area contributed by atoms with Gasteiger partial charge in [-0.05, 0) is 55.2 Å². The lowest BCUT2D eigenvalue weighted by atomic mass is 10.0. The molecule has 11 nitrogen and oxygen atoms in total. The van der Waals surface area contributed by atoms with E-state index in [1.54, 1.807) is 6.92 Å². The maximum atomic E-state index is 13.8.